The molecule has 5 rings (SSSR count). The molecule has 3 aromatic rings. The van der Waals surface area contributed by atoms with Gasteiger partial charge >= 0.3 is 0 Å². The number of hydrogen-bond donors (Lipinski definition) is 1. The Kier molecular flexibility index (Phi) is 4.09. The number of aryl methyl sites for hydroxylation is 1. The Balaban J connectivity index is 1.73. The first-order valence-corrected chi connectivity index (χ1v) is 9.52. The summed E-state index contributed by atoms with van der Waals surface area (Å²) < 4.78 is 13.2. The Bertz CT molecular complexity index is 945. The van der Waals surface area contributed by atoms with Gasteiger partial charge in [0.25, 0.3) is 0 Å². The first-order chi connectivity index (χ1) is 13.2. The summed E-state index contributed by atoms with van der Waals surface area (Å²) in [5.41, 5.74) is 4.99. The zero-order chi connectivity index (χ0) is 18.4. The number of ether oxygens (including phenoxy) is 2. The summed E-state index contributed by atoms with van der Waals surface area (Å²) in [5.74, 6) is 1.37. The largest absolute Gasteiger partial charge is 0.381 e. The van der Waals surface area contributed by atoms with Crippen LogP contribution in [0.5, 0.6) is 0 Å². The molecule has 3 aromatic heterocycles. The molecule has 8 heteroatoms. The molecule has 2 atom stereocenters. The molecular formula is C19H24N6O2. The van der Waals surface area contributed by atoms with Gasteiger partial charge in [-0.1, -0.05) is 0 Å². The molecule has 0 bridgehead atoms. The first kappa shape index (κ1) is 16.7. The van der Waals surface area contributed by atoms with Crippen molar-refractivity contribution in [1.29, 1.82) is 0 Å². The molecule has 0 saturated carbocycles. The van der Waals surface area contributed by atoms with Gasteiger partial charge in [0.05, 0.1) is 37.1 Å². The van der Waals surface area contributed by atoms with Gasteiger partial charge in [0.15, 0.2) is 0 Å². The summed E-state index contributed by atoms with van der Waals surface area (Å²) in [6, 6.07) is 4.47. The number of pyridine rings is 1. The second-order valence-electron chi connectivity index (χ2n) is 7.39. The molecule has 27 heavy (non-hydrogen) atoms. The molecule has 0 spiro atoms. The molecule has 2 fully saturated rings. The van der Waals surface area contributed by atoms with Crippen molar-refractivity contribution in [2.45, 2.75) is 25.3 Å². The highest BCUT2D eigenvalue weighted by Gasteiger charge is 2.28. The highest BCUT2D eigenvalue weighted by molar-refractivity contribution is 5.92. The summed E-state index contributed by atoms with van der Waals surface area (Å²) in [5, 5.41) is 11.9. The van der Waals surface area contributed by atoms with Crippen molar-refractivity contribution in [3.8, 4) is 11.4 Å². The van der Waals surface area contributed by atoms with E-state index >= 15 is 0 Å². The van der Waals surface area contributed by atoms with E-state index in [0.29, 0.717) is 12.0 Å². The van der Waals surface area contributed by atoms with Gasteiger partial charge in [-0.15, -0.1) is 0 Å². The van der Waals surface area contributed by atoms with Crippen molar-refractivity contribution in [2.24, 2.45) is 7.05 Å². The summed E-state index contributed by atoms with van der Waals surface area (Å²) in [4.78, 5) is 7.40. The van der Waals surface area contributed by atoms with Crippen molar-refractivity contribution in [3.63, 3.8) is 0 Å². The third-order valence-corrected chi connectivity index (χ3v) is 5.59. The van der Waals surface area contributed by atoms with Crippen LogP contribution in [0.15, 0.2) is 18.3 Å². The molecule has 2 aliphatic heterocycles. The molecule has 0 amide bonds. The molecule has 2 unspecified atom stereocenters. The molecule has 2 saturated heterocycles. The lowest BCUT2D eigenvalue weighted by atomic mass is 9.97. The van der Waals surface area contributed by atoms with E-state index in [9.17, 15) is 0 Å². The summed E-state index contributed by atoms with van der Waals surface area (Å²) in [6.07, 6.45) is 2.78. The Morgan fingerprint density at radius 1 is 1.22 bits per heavy atom. The summed E-state index contributed by atoms with van der Waals surface area (Å²) >= 11 is 0. The molecule has 5 heterocycles. The molecule has 2 aliphatic rings. The number of morpholine rings is 1. The van der Waals surface area contributed by atoms with E-state index in [1.54, 1.807) is 6.20 Å². The van der Waals surface area contributed by atoms with Crippen LogP contribution in [0.1, 0.15) is 24.8 Å². The number of H-pyrrole nitrogens is 1. The molecule has 8 nitrogen and oxygen atoms in total. The molecular weight excluding hydrogens is 344 g/mol. The van der Waals surface area contributed by atoms with Crippen LogP contribution >= 0.6 is 0 Å². The fraction of sp³-hybridized carbons (Fsp3) is 0.526. The van der Waals surface area contributed by atoms with Crippen molar-refractivity contribution in [1.82, 2.24) is 25.0 Å². The van der Waals surface area contributed by atoms with Gasteiger partial charge < -0.3 is 14.4 Å². The van der Waals surface area contributed by atoms with Gasteiger partial charge in [0.2, 0.25) is 0 Å². The minimum atomic E-state index is 0.295. The minimum absolute atomic E-state index is 0.295. The average Bonchev–Trinajstić information content (AvgIpc) is 3.43. The van der Waals surface area contributed by atoms with E-state index in [4.69, 9.17) is 19.6 Å². The molecule has 0 aromatic carbocycles. The molecule has 142 valence electrons. The van der Waals surface area contributed by atoms with Gasteiger partial charge in [0, 0.05) is 32.3 Å². The molecule has 0 aliphatic carbocycles. The lowest BCUT2D eigenvalue weighted by Gasteiger charge is -2.34. The van der Waals surface area contributed by atoms with E-state index in [2.05, 4.69) is 28.1 Å². The van der Waals surface area contributed by atoms with Crippen molar-refractivity contribution in [2.75, 3.05) is 37.9 Å². The standard InChI is InChI=1S/C19H24N6O2/c1-12-10-27-8-6-25(12)16-9-14(13-4-7-26-11-13)19-18(21-16)17(23-24(19)2)15-3-5-20-22-15/h3,5,9,12-13H,4,6-8,10-11H2,1-2H3,(H,20,22). The normalized spacial score (nSPS) is 23.4. The van der Waals surface area contributed by atoms with Gasteiger partial charge in [-0.3, -0.25) is 9.78 Å². The molecule has 1 N–H and O–H groups in total. The van der Waals surface area contributed by atoms with Crippen LogP contribution < -0.4 is 4.90 Å². The van der Waals surface area contributed by atoms with Crippen molar-refractivity contribution >= 4 is 16.9 Å². The first-order valence-electron chi connectivity index (χ1n) is 9.52. The van der Waals surface area contributed by atoms with E-state index < -0.39 is 0 Å². The Morgan fingerprint density at radius 3 is 2.85 bits per heavy atom. The zero-order valence-electron chi connectivity index (χ0n) is 15.7. The lowest BCUT2D eigenvalue weighted by molar-refractivity contribution is 0.0985. The zero-order valence-corrected chi connectivity index (χ0v) is 15.7. The number of hydrogen-bond acceptors (Lipinski definition) is 6. The highest BCUT2D eigenvalue weighted by atomic mass is 16.5. The molecule has 0 radical (unpaired) electrons. The highest BCUT2D eigenvalue weighted by Crippen LogP contribution is 2.37. The number of rotatable bonds is 3. The minimum Gasteiger partial charge on any atom is -0.381 e. The number of fused-ring (bicyclic) bond motifs is 1. The van der Waals surface area contributed by atoms with Crippen LogP contribution in [0.2, 0.25) is 0 Å². The fourth-order valence-electron chi connectivity index (χ4n) is 4.17. The third kappa shape index (κ3) is 2.80. The van der Waals surface area contributed by atoms with Crippen LogP contribution in [-0.2, 0) is 16.5 Å². The third-order valence-electron chi connectivity index (χ3n) is 5.59. The number of nitrogens with zero attached hydrogens (tertiary/aromatic N) is 5. The average molecular weight is 368 g/mol. The number of nitrogens with one attached hydrogen (secondary N) is 1. The van der Waals surface area contributed by atoms with Crippen molar-refractivity contribution in [3.05, 3.63) is 23.9 Å². The van der Waals surface area contributed by atoms with Crippen LogP contribution in [0.25, 0.3) is 22.4 Å². The summed E-state index contributed by atoms with van der Waals surface area (Å²) in [6.45, 7) is 6.04. The number of aromatic nitrogens is 5. The van der Waals surface area contributed by atoms with Crippen LogP contribution in [0, 0.1) is 0 Å². The number of aromatic amines is 1. The maximum Gasteiger partial charge on any atom is 0.136 e. The number of anilines is 1. The van der Waals surface area contributed by atoms with Crippen LogP contribution in [-0.4, -0.2) is 64.0 Å². The van der Waals surface area contributed by atoms with Crippen LogP contribution in [0.3, 0.4) is 0 Å². The van der Waals surface area contributed by atoms with Crippen molar-refractivity contribution < 1.29 is 9.47 Å². The lowest BCUT2D eigenvalue weighted by Crippen LogP contribution is -2.44. The maximum atomic E-state index is 5.69. The van der Waals surface area contributed by atoms with E-state index in [0.717, 1.165) is 67.6 Å². The Labute approximate surface area is 157 Å². The fourth-order valence-corrected chi connectivity index (χ4v) is 4.17. The predicted molar refractivity (Wildman–Crippen MR) is 102 cm³/mol. The van der Waals surface area contributed by atoms with E-state index in [1.165, 1.54) is 5.56 Å². The van der Waals surface area contributed by atoms with Crippen LogP contribution in [0.4, 0.5) is 5.82 Å². The SMILES string of the molecule is CC1COCCN1c1cc(C2CCOC2)c2c(n1)c(-c1ccn[nH]1)nn2C. The maximum absolute atomic E-state index is 5.69. The Hall–Kier alpha value is -2.45. The van der Waals surface area contributed by atoms with Gasteiger partial charge in [0.1, 0.15) is 17.0 Å². The topological polar surface area (TPSA) is 81.1 Å². The van der Waals surface area contributed by atoms with E-state index in [1.807, 2.05) is 17.8 Å². The second-order valence-corrected chi connectivity index (χ2v) is 7.39. The quantitative estimate of drug-likeness (QED) is 0.762. The Morgan fingerprint density at radius 2 is 2.11 bits per heavy atom. The second kappa shape index (κ2) is 6.61. The predicted octanol–water partition coefficient (Wildman–Crippen LogP) is 2.09. The van der Waals surface area contributed by atoms with Gasteiger partial charge in [-0.05, 0) is 31.0 Å². The van der Waals surface area contributed by atoms with Gasteiger partial charge in [-0.25, -0.2) is 4.98 Å². The summed E-state index contributed by atoms with van der Waals surface area (Å²) in [7, 11) is 1.99. The monoisotopic (exact) mass is 368 g/mol. The van der Waals surface area contributed by atoms with E-state index in [-0.39, 0.29) is 0 Å². The smallest absolute Gasteiger partial charge is 0.136 e. The van der Waals surface area contributed by atoms with Gasteiger partial charge in [-0.2, -0.15) is 10.2 Å².